The molecule has 3 N–H and O–H groups in total. The van der Waals surface area contributed by atoms with E-state index in [4.69, 9.17) is 5.73 Å². The summed E-state index contributed by atoms with van der Waals surface area (Å²) in [6.07, 6.45) is 0. The van der Waals surface area contributed by atoms with Crippen LogP contribution in [0.5, 0.6) is 0 Å². The van der Waals surface area contributed by atoms with E-state index in [1.54, 1.807) is 6.07 Å². The number of anilines is 3. The molecule has 0 aliphatic carbocycles. The number of halogens is 5. The van der Waals surface area contributed by atoms with Gasteiger partial charge in [0.05, 0.1) is 11.4 Å². The molecular formula is C12H7F4IN2. The minimum absolute atomic E-state index is 0.129. The van der Waals surface area contributed by atoms with E-state index in [0.717, 1.165) is 0 Å². The molecule has 0 aliphatic heterocycles. The van der Waals surface area contributed by atoms with Crippen molar-refractivity contribution in [3.63, 3.8) is 0 Å². The number of nitrogens with two attached hydrogens (primary N) is 1. The molecule has 0 aliphatic rings. The van der Waals surface area contributed by atoms with Gasteiger partial charge in [-0.25, -0.2) is 17.6 Å². The number of nitrogen functional groups attached to an aromatic ring is 1. The predicted octanol–water partition coefficient (Wildman–Crippen LogP) is 4.17. The van der Waals surface area contributed by atoms with E-state index in [-0.39, 0.29) is 5.69 Å². The Labute approximate surface area is 119 Å². The van der Waals surface area contributed by atoms with Crippen LogP contribution >= 0.6 is 22.6 Å². The number of benzene rings is 2. The molecule has 0 radical (unpaired) electrons. The Hall–Kier alpha value is -1.51. The average Bonchev–Trinajstić information content (AvgIpc) is 2.34. The number of hydrogen-bond donors (Lipinski definition) is 2. The Balaban J connectivity index is 2.49. The molecule has 2 rings (SSSR count). The molecular weight excluding hydrogens is 375 g/mol. The van der Waals surface area contributed by atoms with Crippen molar-refractivity contribution in [2.24, 2.45) is 0 Å². The van der Waals surface area contributed by atoms with Crippen LogP contribution in [0.3, 0.4) is 0 Å². The van der Waals surface area contributed by atoms with Crippen molar-refractivity contribution in [3.05, 3.63) is 51.1 Å². The fourth-order valence-electron chi connectivity index (χ4n) is 1.46. The zero-order valence-electron chi connectivity index (χ0n) is 9.28. The van der Waals surface area contributed by atoms with Gasteiger partial charge in [0.2, 0.25) is 0 Å². The van der Waals surface area contributed by atoms with E-state index in [9.17, 15) is 17.6 Å². The quantitative estimate of drug-likeness (QED) is 0.354. The summed E-state index contributed by atoms with van der Waals surface area (Å²) in [6.45, 7) is 0. The summed E-state index contributed by atoms with van der Waals surface area (Å²) in [7, 11) is 0. The lowest BCUT2D eigenvalue weighted by Gasteiger charge is -2.12. The predicted molar refractivity (Wildman–Crippen MR) is 73.1 cm³/mol. The molecule has 0 saturated heterocycles. The third-order valence-corrected chi connectivity index (χ3v) is 3.07. The smallest absolute Gasteiger partial charge is 0.184 e. The van der Waals surface area contributed by atoms with Gasteiger partial charge in [0.15, 0.2) is 17.5 Å². The molecule has 2 aromatic carbocycles. The molecule has 0 saturated carbocycles. The SMILES string of the molecule is Nc1c(F)cc(F)c(F)c1Nc1ccc(I)cc1F. The van der Waals surface area contributed by atoms with Crippen LogP contribution in [0.25, 0.3) is 0 Å². The van der Waals surface area contributed by atoms with Crippen LogP contribution in [0.1, 0.15) is 0 Å². The van der Waals surface area contributed by atoms with Crippen LogP contribution in [0.4, 0.5) is 34.6 Å². The fourth-order valence-corrected chi connectivity index (χ4v) is 1.91. The van der Waals surface area contributed by atoms with Gasteiger partial charge in [0.1, 0.15) is 11.5 Å². The molecule has 100 valence electrons. The van der Waals surface area contributed by atoms with Gasteiger partial charge < -0.3 is 11.1 Å². The lowest BCUT2D eigenvalue weighted by atomic mass is 10.2. The summed E-state index contributed by atoms with van der Waals surface area (Å²) in [5, 5.41) is 2.26. The normalized spacial score (nSPS) is 10.6. The molecule has 0 amide bonds. The molecule has 0 atom stereocenters. The van der Waals surface area contributed by atoms with Gasteiger partial charge in [0, 0.05) is 9.64 Å². The Morgan fingerprint density at radius 3 is 2.26 bits per heavy atom. The van der Waals surface area contributed by atoms with Gasteiger partial charge in [-0.1, -0.05) is 0 Å². The molecule has 7 heteroatoms. The second-order valence-corrected chi connectivity index (χ2v) is 4.94. The second-order valence-electron chi connectivity index (χ2n) is 3.69. The molecule has 0 unspecified atom stereocenters. The van der Waals surface area contributed by atoms with E-state index in [1.165, 1.54) is 12.1 Å². The van der Waals surface area contributed by atoms with E-state index in [1.807, 2.05) is 22.6 Å². The standard InChI is InChI=1S/C12H7F4IN2/c13-6-3-5(17)1-2-9(6)19-12-10(16)7(14)4-8(15)11(12)18/h1-4,19H,18H2. The minimum Gasteiger partial charge on any atom is -0.395 e. The highest BCUT2D eigenvalue weighted by atomic mass is 127. The van der Waals surface area contributed by atoms with Crippen LogP contribution in [0, 0.1) is 26.8 Å². The van der Waals surface area contributed by atoms with Crippen molar-refractivity contribution in [3.8, 4) is 0 Å². The highest BCUT2D eigenvalue weighted by Gasteiger charge is 2.18. The summed E-state index contributed by atoms with van der Waals surface area (Å²) in [5.74, 6) is -4.57. The molecule has 0 heterocycles. The third kappa shape index (κ3) is 2.75. The van der Waals surface area contributed by atoms with Gasteiger partial charge in [0.25, 0.3) is 0 Å². The third-order valence-electron chi connectivity index (χ3n) is 2.40. The van der Waals surface area contributed by atoms with Crippen molar-refractivity contribution < 1.29 is 17.6 Å². The van der Waals surface area contributed by atoms with E-state index in [0.29, 0.717) is 9.64 Å². The van der Waals surface area contributed by atoms with Crippen molar-refractivity contribution in [2.75, 3.05) is 11.1 Å². The van der Waals surface area contributed by atoms with E-state index in [2.05, 4.69) is 5.32 Å². The lowest BCUT2D eigenvalue weighted by molar-refractivity contribution is 0.499. The van der Waals surface area contributed by atoms with Crippen molar-refractivity contribution >= 4 is 39.7 Å². The van der Waals surface area contributed by atoms with Gasteiger partial charge in [-0.3, -0.25) is 0 Å². The first-order chi connectivity index (χ1) is 8.90. The van der Waals surface area contributed by atoms with Crippen molar-refractivity contribution in [1.82, 2.24) is 0 Å². The van der Waals surface area contributed by atoms with Gasteiger partial charge in [-0.15, -0.1) is 0 Å². The van der Waals surface area contributed by atoms with Gasteiger partial charge >= 0.3 is 0 Å². The summed E-state index contributed by atoms with van der Waals surface area (Å²) < 4.78 is 54.0. The van der Waals surface area contributed by atoms with Gasteiger partial charge in [-0.05, 0) is 40.8 Å². The monoisotopic (exact) mass is 382 g/mol. The zero-order valence-corrected chi connectivity index (χ0v) is 11.4. The lowest BCUT2D eigenvalue weighted by Crippen LogP contribution is -2.05. The van der Waals surface area contributed by atoms with Crippen LogP contribution in [-0.2, 0) is 0 Å². The van der Waals surface area contributed by atoms with Gasteiger partial charge in [-0.2, -0.15) is 0 Å². The number of hydrogen-bond acceptors (Lipinski definition) is 2. The fraction of sp³-hybridized carbons (Fsp3) is 0. The maximum Gasteiger partial charge on any atom is 0.184 e. The summed E-state index contributed by atoms with van der Waals surface area (Å²) >= 11 is 1.89. The summed E-state index contributed by atoms with van der Waals surface area (Å²) in [6, 6.07) is 4.39. The minimum atomic E-state index is -1.40. The molecule has 0 aromatic heterocycles. The summed E-state index contributed by atoms with van der Waals surface area (Å²) in [5.41, 5.74) is 3.94. The van der Waals surface area contributed by atoms with Crippen LogP contribution in [-0.4, -0.2) is 0 Å². The Bertz CT molecular complexity index is 620. The highest BCUT2D eigenvalue weighted by molar-refractivity contribution is 14.1. The molecule has 19 heavy (non-hydrogen) atoms. The molecule has 0 fully saturated rings. The van der Waals surface area contributed by atoms with Crippen LogP contribution in [0.15, 0.2) is 24.3 Å². The number of rotatable bonds is 2. The van der Waals surface area contributed by atoms with Crippen molar-refractivity contribution in [2.45, 2.75) is 0 Å². The largest absolute Gasteiger partial charge is 0.395 e. The maximum absolute atomic E-state index is 13.6. The Morgan fingerprint density at radius 2 is 1.63 bits per heavy atom. The molecule has 2 nitrogen and oxygen atoms in total. The maximum atomic E-state index is 13.6. The molecule has 2 aromatic rings. The highest BCUT2D eigenvalue weighted by Crippen LogP contribution is 2.31. The first-order valence-electron chi connectivity index (χ1n) is 5.05. The average molecular weight is 382 g/mol. The first kappa shape index (κ1) is 13.9. The number of nitrogens with one attached hydrogen (secondary N) is 1. The zero-order chi connectivity index (χ0) is 14.2. The topological polar surface area (TPSA) is 38.0 Å². The van der Waals surface area contributed by atoms with E-state index < -0.39 is 34.6 Å². The Morgan fingerprint density at radius 1 is 0.947 bits per heavy atom. The van der Waals surface area contributed by atoms with Crippen LogP contribution in [0.2, 0.25) is 0 Å². The first-order valence-corrected chi connectivity index (χ1v) is 6.13. The summed E-state index contributed by atoms with van der Waals surface area (Å²) in [4.78, 5) is 0. The molecule has 0 spiro atoms. The molecule has 0 bridgehead atoms. The van der Waals surface area contributed by atoms with E-state index >= 15 is 0 Å². The second kappa shape index (κ2) is 5.24. The Kier molecular flexibility index (Phi) is 3.83. The van der Waals surface area contributed by atoms with Crippen molar-refractivity contribution in [1.29, 1.82) is 0 Å². The van der Waals surface area contributed by atoms with Crippen LogP contribution < -0.4 is 11.1 Å².